The molecule has 3 aromatic rings. The molecule has 0 aliphatic rings. The highest BCUT2D eigenvalue weighted by atomic mass is 16.5. The molecule has 1 amide bonds. The van der Waals surface area contributed by atoms with E-state index in [0.717, 1.165) is 22.0 Å². The van der Waals surface area contributed by atoms with Gasteiger partial charge in [0.15, 0.2) is 0 Å². The van der Waals surface area contributed by atoms with Gasteiger partial charge in [-0.05, 0) is 40.5 Å². The molecule has 0 aliphatic heterocycles. The summed E-state index contributed by atoms with van der Waals surface area (Å²) < 4.78 is 5.43. The Morgan fingerprint density at radius 3 is 2.25 bits per heavy atom. The van der Waals surface area contributed by atoms with Crippen molar-refractivity contribution in [2.45, 2.75) is 19.8 Å². The SMILES string of the molecule is COc1cc2ccccc2cc1C(=O)Nc1ccccc1C(C)C. The zero-order valence-electron chi connectivity index (χ0n) is 14.2. The van der Waals surface area contributed by atoms with Crippen LogP contribution >= 0.6 is 0 Å². The molecule has 3 nitrogen and oxygen atoms in total. The molecule has 0 aromatic heterocycles. The minimum Gasteiger partial charge on any atom is -0.496 e. The van der Waals surface area contributed by atoms with Gasteiger partial charge in [-0.3, -0.25) is 4.79 Å². The summed E-state index contributed by atoms with van der Waals surface area (Å²) in [4.78, 5) is 12.8. The van der Waals surface area contributed by atoms with Crippen molar-refractivity contribution in [3.05, 3.63) is 71.8 Å². The average Bonchev–Trinajstić information content (AvgIpc) is 2.60. The van der Waals surface area contributed by atoms with Crippen LogP contribution in [0.15, 0.2) is 60.7 Å². The molecule has 0 spiro atoms. The van der Waals surface area contributed by atoms with Gasteiger partial charge in [-0.15, -0.1) is 0 Å². The fourth-order valence-electron chi connectivity index (χ4n) is 2.87. The van der Waals surface area contributed by atoms with E-state index in [0.29, 0.717) is 17.2 Å². The number of hydrogen-bond donors (Lipinski definition) is 1. The van der Waals surface area contributed by atoms with Crippen LogP contribution in [-0.2, 0) is 0 Å². The summed E-state index contributed by atoms with van der Waals surface area (Å²) in [6.45, 7) is 4.23. The van der Waals surface area contributed by atoms with E-state index in [4.69, 9.17) is 4.74 Å². The highest BCUT2D eigenvalue weighted by Gasteiger charge is 2.16. The first kappa shape index (κ1) is 16.1. The predicted molar refractivity (Wildman–Crippen MR) is 99.0 cm³/mol. The summed E-state index contributed by atoms with van der Waals surface area (Å²) in [6.07, 6.45) is 0. The van der Waals surface area contributed by atoms with Crippen LogP contribution in [0.2, 0.25) is 0 Å². The fourth-order valence-corrected chi connectivity index (χ4v) is 2.87. The zero-order valence-corrected chi connectivity index (χ0v) is 14.2. The number of carbonyl (C=O) groups excluding carboxylic acids is 1. The van der Waals surface area contributed by atoms with Gasteiger partial charge in [-0.25, -0.2) is 0 Å². The molecule has 0 atom stereocenters. The molecule has 0 fully saturated rings. The van der Waals surface area contributed by atoms with Crippen molar-refractivity contribution in [3.63, 3.8) is 0 Å². The maximum absolute atomic E-state index is 12.8. The second-order valence-corrected chi connectivity index (χ2v) is 6.10. The highest BCUT2D eigenvalue weighted by Crippen LogP contribution is 2.28. The zero-order chi connectivity index (χ0) is 17.1. The molecule has 24 heavy (non-hydrogen) atoms. The molecular formula is C21H21NO2. The van der Waals surface area contributed by atoms with E-state index < -0.39 is 0 Å². The smallest absolute Gasteiger partial charge is 0.259 e. The van der Waals surface area contributed by atoms with Crippen LogP contribution in [0.1, 0.15) is 35.7 Å². The molecule has 3 aromatic carbocycles. The lowest BCUT2D eigenvalue weighted by Gasteiger charge is -2.15. The normalized spacial score (nSPS) is 10.8. The van der Waals surface area contributed by atoms with Gasteiger partial charge in [0, 0.05) is 5.69 Å². The molecule has 1 N–H and O–H groups in total. The summed E-state index contributed by atoms with van der Waals surface area (Å²) in [7, 11) is 1.59. The second-order valence-electron chi connectivity index (χ2n) is 6.10. The van der Waals surface area contributed by atoms with Crippen molar-refractivity contribution in [1.29, 1.82) is 0 Å². The van der Waals surface area contributed by atoms with Crippen LogP contribution in [-0.4, -0.2) is 13.0 Å². The van der Waals surface area contributed by atoms with Gasteiger partial charge in [0.05, 0.1) is 12.7 Å². The number of anilines is 1. The monoisotopic (exact) mass is 319 g/mol. The summed E-state index contributed by atoms with van der Waals surface area (Å²) in [5, 5.41) is 5.09. The van der Waals surface area contributed by atoms with E-state index in [-0.39, 0.29) is 5.91 Å². The third-order valence-corrected chi connectivity index (χ3v) is 4.14. The summed E-state index contributed by atoms with van der Waals surface area (Å²) in [5.74, 6) is 0.749. The quantitative estimate of drug-likeness (QED) is 0.715. The van der Waals surface area contributed by atoms with Crippen molar-refractivity contribution < 1.29 is 9.53 Å². The van der Waals surface area contributed by atoms with E-state index >= 15 is 0 Å². The first-order valence-electron chi connectivity index (χ1n) is 8.07. The van der Waals surface area contributed by atoms with E-state index in [1.807, 2.05) is 60.7 Å². The third-order valence-electron chi connectivity index (χ3n) is 4.14. The highest BCUT2D eigenvalue weighted by molar-refractivity contribution is 6.09. The van der Waals surface area contributed by atoms with Crippen LogP contribution in [0.3, 0.4) is 0 Å². The Kier molecular flexibility index (Phi) is 4.52. The molecule has 3 rings (SSSR count). The Hall–Kier alpha value is -2.81. The Morgan fingerprint density at radius 1 is 0.958 bits per heavy atom. The Morgan fingerprint density at radius 2 is 1.58 bits per heavy atom. The van der Waals surface area contributed by atoms with Crippen LogP contribution in [0.4, 0.5) is 5.69 Å². The summed E-state index contributed by atoms with van der Waals surface area (Å²) in [5.41, 5.74) is 2.49. The molecule has 0 aliphatic carbocycles. The van der Waals surface area contributed by atoms with Crippen molar-refractivity contribution >= 4 is 22.4 Å². The Labute approximate surface area is 142 Å². The number of carbonyl (C=O) groups is 1. The van der Waals surface area contributed by atoms with Gasteiger partial charge in [0.25, 0.3) is 5.91 Å². The first-order chi connectivity index (χ1) is 11.6. The fraction of sp³-hybridized carbons (Fsp3) is 0.190. The molecule has 0 unspecified atom stereocenters. The average molecular weight is 319 g/mol. The van der Waals surface area contributed by atoms with Crippen LogP contribution < -0.4 is 10.1 Å². The number of hydrogen-bond acceptors (Lipinski definition) is 2. The number of rotatable bonds is 4. The predicted octanol–water partition coefficient (Wildman–Crippen LogP) is 5.22. The number of fused-ring (bicyclic) bond motifs is 1. The van der Waals surface area contributed by atoms with Crippen LogP contribution in [0, 0.1) is 0 Å². The lowest BCUT2D eigenvalue weighted by atomic mass is 10.0. The van der Waals surface area contributed by atoms with Crippen molar-refractivity contribution in [2.75, 3.05) is 12.4 Å². The molecule has 0 saturated heterocycles. The van der Waals surface area contributed by atoms with Gasteiger partial charge < -0.3 is 10.1 Å². The largest absolute Gasteiger partial charge is 0.496 e. The Balaban J connectivity index is 2.00. The lowest BCUT2D eigenvalue weighted by molar-refractivity contribution is 0.102. The van der Waals surface area contributed by atoms with Gasteiger partial charge in [0.2, 0.25) is 0 Å². The van der Waals surface area contributed by atoms with E-state index in [1.165, 1.54) is 0 Å². The number of nitrogens with one attached hydrogen (secondary N) is 1. The molecule has 0 saturated carbocycles. The van der Waals surface area contributed by atoms with Gasteiger partial charge in [-0.1, -0.05) is 56.3 Å². The van der Waals surface area contributed by atoms with E-state index in [1.54, 1.807) is 7.11 Å². The summed E-state index contributed by atoms with van der Waals surface area (Å²) >= 11 is 0. The lowest BCUT2D eigenvalue weighted by Crippen LogP contribution is -2.14. The van der Waals surface area contributed by atoms with Gasteiger partial charge in [-0.2, -0.15) is 0 Å². The van der Waals surface area contributed by atoms with E-state index in [9.17, 15) is 4.79 Å². The molecule has 0 heterocycles. The minimum absolute atomic E-state index is 0.161. The number of para-hydroxylation sites is 1. The van der Waals surface area contributed by atoms with Gasteiger partial charge in [0.1, 0.15) is 5.75 Å². The van der Waals surface area contributed by atoms with Crippen molar-refractivity contribution in [2.24, 2.45) is 0 Å². The maximum Gasteiger partial charge on any atom is 0.259 e. The number of ether oxygens (including phenoxy) is 1. The maximum atomic E-state index is 12.8. The standard InChI is InChI=1S/C21H21NO2/c1-14(2)17-10-6-7-11-19(17)22-21(23)18-12-15-8-4-5-9-16(15)13-20(18)24-3/h4-14H,1-3H3,(H,22,23). The van der Waals surface area contributed by atoms with Crippen molar-refractivity contribution in [1.82, 2.24) is 0 Å². The summed E-state index contributed by atoms with van der Waals surface area (Å²) in [6, 6.07) is 19.6. The molecule has 0 radical (unpaired) electrons. The number of amides is 1. The van der Waals surface area contributed by atoms with Gasteiger partial charge >= 0.3 is 0 Å². The minimum atomic E-state index is -0.161. The van der Waals surface area contributed by atoms with Crippen molar-refractivity contribution in [3.8, 4) is 5.75 Å². The number of methoxy groups -OCH3 is 1. The van der Waals surface area contributed by atoms with Crippen LogP contribution in [0.5, 0.6) is 5.75 Å². The molecule has 3 heteroatoms. The molecule has 122 valence electrons. The molecular weight excluding hydrogens is 298 g/mol. The topological polar surface area (TPSA) is 38.3 Å². The van der Waals surface area contributed by atoms with E-state index in [2.05, 4.69) is 19.2 Å². The first-order valence-corrected chi connectivity index (χ1v) is 8.07. The van der Waals surface area contributed by atoms with Crippen LogP contribution in [0.25, 0.3) is 10.8 Å². The number of benzene rings is 3. The Bertz CT molecular complexity index is 884. The third kappa shape index (κ3) is 3.11. The second kappa shape index (κ2) is 6.75. The molecule has 0 bridgehead atoms.